The first-order valence-corrected chi connectivity index (χ1v) is 20.9. The van der Waals surface area contributed by atoms with Gasteiger partial charge in [-0.3, -0.25) is 9.80 Å². The van der Waals surface area contributed by atoms with Gasteiger partial charge < -0.3 is 8.83 Å². The minimum absolute atomic E-state index is 0.676. The predicted octanol–water partition coefficient (Wildman–Crippen LogP) is 14.7. The van der Waals surface area contributed by atoms with Gasteiger partial charge in [-0.2, -0.15) is 0 Å². The highest BCUT2D eigenvalue weighted by molar-refractivity contribution is 7.25. The van der Waals surface area contributed by atoms with Crippen molar-refractivity contribution in [3.05, 3.63) is 182 Å². The van der Waals surface area contributed by atoms with E-state index in [1.54, 1.807) is 11.3 Å². The molecule has 9 heteroatoms. The van der Waals surface area contributed by atoms with Crippen LogP contribution in [-0.2, 0) is 0 Å². The van der Waals surface area contributed by atoms with Crippen LogP contribution in [0.4, 0.5) is 34.4 Å². The second-order valence-electron chi connectivity index (χ2n) is 15.2. The number of thiophene rings is 1. The first kappa shape index (κ1) is 33.8. The fourth-order valence-electron chi connectivity index (χ4n) is 8.85. The zero-order valence-electron chi connectivity index (χ0n) is 32.2. The van der Waals surface area contributed by atoms with Crippen LogP contribution in [0.25, 0.3) is 85.9 Å². The van der Waals surface area contributed by atoms with Crippen LogP contribution in [0, 0.1) is 0 Å². The summed E-state index contributed by atoms with van der Waals surface area (Å²) in [5.41, 5.74) is 8.51. The molecule has 0 saturated carbocycles. The van der Waals surface area contributed by atoms with E-state index in [0.29, 0.717) is 22.7 Å². The molecule has 0 amide bonds. The molecule has 8 nitrogen and oxygen atoms in total. The maximum absolute atomic E-state index is 6.38. The maximum Gasteiger partial charge on any atom is 0.161 e. The minimum Gasteiger partial charge on any atom is -0.456 e. The first-order valence-electron chi connectivity index (χ1n) is 20.0. The Balaban J connectivity index is 0.981. The van der Waals surface area contributed by atoms with E-state index >= 15 is 0 Å². The molecule has 13 rings (SSSR count). The van der Waals surface area contributed by atoms with E-state index in [9.17, 15) is 0 Å². The van der Waals surface area contributed by atoms with Gasteiger partial charge in [0.05, 0.1) is 32.1 Å². The van der Waals surface area contributed by atoms with Crippen LogP contribution < -0.4 is 9.80 Å². The second-order valence-corrected chi connectivity index (χ2v) is 16.2. The van der Waals surface area contributed by atoms with Crippen LogP contribution in [0.3, 0.4) is 0 Å². The third-order valence-electron chi connectivity index (χ3n) is 11.7. The SMILES string of the molecule is c1ccc2c(N(c3ccc4c(c3)oc3ccccc34)c3cc4sc5cc(N(c6ccc7c(c6)oc6ccccc67)c6cccc7ccccc67)nnc5c4nn3)cccc2c1. The van der Waals surface area contributed by atoms with Crippen molar-refractivity contribution in [2.75, 3.05) is 9.80 Å². The van der Waals surface area contributed by atoms with Gasteiger partial charge in [-0.15, -0.1) is 31.7 Å². The topological polar surface area (TPSA) is 84.3 Å². The van der Waals surface area contributed by atoms with Gasteiger partial charge in [-0.1, -0.05) is 109 Å². The molecule has 5 heterocycles. The standard InChI is InChI=1S/C52H30N6O2S/c1-3-15-35-31(11-1)13-9-19-41(35)57(33-23-25-39-37-17-5-7-21-43(37)59-45(39)27-33)49-29-47-51(55-53-49)52-48(61-47)30-50(54-56-52)58(42-20-10-14-32-12-2-4-16-36(32)42)34-24-26-40-38-18-6-8-22-44(38)60-46(40)28-34/h1-30H. The van der Waals surface area contributed by atoms with Gasteiger partial charge in [0, 0.05) is 56.6 Å². The largest absolute Gasteiger partial charge is 0.456 e. The summed E-state index contributed by atoms with van der Waals surface area (Å²) in [5, 5.41) is 28.3. The van der Waals surface area contributed by atoms with Crippen molar-refractivity contribution in [3.8, 4) is 0 Å². The van der Waals surface area contributed by atoms with Gasteiger partial charge in [0.1, 0.15) is 33.4 Å². The van der Waals surface area contributed by atoms with Gasteiger partial charge in [-0.25, -0.2) is 0 Å². The Morgan fingerprint density at radius 2 is 0.754 bits per heavy atom. The Labute approximate surface area is 351 Å². The fraction of sp³-hybridized carbons (Fsp3) is 0. The molecule has 0 fully saturated rings. The number of hydrogen-bond donors (Lipinski definition) is 0. The second kappa shape index (κ2) is 13.2. The van der Waals surface area contributed by atoms with Gasteiger partial charge in [0.25, 0.3) is 0 Å². The van der Waals surface area contributed by atoms with Gasteiger partial charge in [-0.05, 0) is 59.3 Å². The predicted molar refractivity (Wildman–Crippen MR) is 249 cm³/mol. The molecular formula is C52H30N6O2S. The number of benzene rings is 8. The molecule has 0 aliphatic heterocycles. The van der Waals surface area contributed by atoms with E-state index in [2.05, 4.69) is 155 Å². The lowest BCUT2D eigenvalue weighted by Gasteiger charge is -2.25. The molecule has 0 radical (unpaired) electrons. The molecule has 286 valence electrons. The number of rotatable bonds is 6. The first-order chi connectivity index (χ1) is 30.2. The molecule has 0 aliphatic rings. The van der Waals surface area contributed by atoms with E-state index in [-0.39, 0.29) is 0 Å². The van der Waals surface area contributed by atoms with Gasteiger partial charge in [0.2, 0.25) is 0 Å². The van der Waals surface area contributed by atoms with Crippen LogP contribution in [0.2, 0.25) is 0 Å². The number of fused-ring (bicyclic) bond motifs is 11. The summed E-state index contributed by atoms with van der Waals surface area (Å²) in [6.45, 7) is 0. The quantitative estimate of drug-likeness (QED) is 0.164. The summed E-state index contributed by atoms with van der Waals surface area (Å²) in [7, 11) is 0. The number of nitrogens with zero attached hydrogens (tertiary/aromatic N) is 6. The Hall–Kier alpha value is -8.14. The summed E-state index contributed by atoms with van der Waals surface area (Å²) in [6, 6.07) is 62.7. The lowest BCUT2D eigenvalue weighted by Crippen LogP contribution is -2.13. The minimum atomic E-state index is 0.676. The van der Waals surface area contributed by atoms with Crippen molar-refractivity contribution in [3.63, 3.8) is 0 Å². The van der Waals surface area contributed by atoms with Crippen molar-refractivity contribution in [1.82, 2.24) is 20.4 Å². The molecule has 0 saturated heterocycles. The molecule has 5 aromatic heterocycles. The number of para-hydroxylation sites is 2. The average molecular weight is 803 g/mol. The van der Waals surface area contributed by atoms with Crippen molar-refractivity contribution < 1.29 is 8.83 Å². The summed E-state index contributed by atoms with van der Waals surface area (Å²) in [6.07, 6.45) is 0. The monoisotopic (exact) mass is 802 g/mol. The molecule has 0 unspecified atom stereocenters. The zero-order chi connectivity index (χ0) is 40.0. The third-order valence-corrected chi connectivity index (χ3v) is 12.7. The van der Waals surface area contributed by atoms with Crippen LogP contribution in [0.15, 0.2) is 191 Å². The van der Waals surface area contributed by atoms with Gasteiger partial charge >= 0.3 is 0 Å². The van der Waals surface area contributed by atoms with E-state index in [1.807, 2.05) is 36.4 Å². The van der Waals surface area contributed by atoms with E-state index in [0.717, 1.165) is 97.6 Å². The highest BCUT2D eigenvalue weighted by Gasteiger charge is 2.23. The summed E-state index contributed by atoms with van der Waals surface area (Å²) < 4.78 is 14.7. The normalized spacial score (nSPS) is 11.9. The highest BCUT2D eigenvalue weighted by Crippen LogP contribution is 2.45. The lowest BCUT2D eigenvalue weighted by molar-refractivity contribution is 0.668. The zero-order valence-corrected chi connectivity index (χ0v) is 33.0. The van der Waals surface area contributed by atoms with Crippen molar-refractivity contribution in [2.45, 2.75) is 0 Å². The van der Waals surface area contributed by atoms with E-state index in [1.165, 1.54) is 0 Å². The number of aromatic nitrogens is 4. The Morgan fingerprint density at radius 3 is 1.25 bits per heavy atom. The number of anilines is 6. The number of furan rings is 2. The Bertz CT molecular complexity index is 3630. The summed E-state index contributed by atoms with van der Waals surface area (Å²) in [4.78, 5) is 4.33. The van der Waals surface area contributed by atoms with Crippen molar-refractivity contribution >= 4 is 132 Å². The van der Waals surface area contributed by atoms with E-state index in [4.69, 9.17) is 29.2 Å². The molecule has 8 aromatic carbocycles. The molecule has 0 atom stereocenters. The smallest absolute Gasteiger partial charge is 0.161 e. The fourth-order valence-corrected chi connectivity index (χ4v) is 9.89. The van der Waals surface area contributed by atoms with E-state index < -0.39 is 0 Å². The number of hydrogen-bond acceptors (Lipinski definition) is 9. The molecular weight excluding hydrogens is 773 g/mol. The molecule has 0 aliphatic carbocycles. The van der Waals surface area contributed by atoms with Gasteiger partial charge in [0.15, 0.2) is 11.6 Å². The van der Waals surface area contributed by atoms with Crippen LogP contribution in [-0.4, -0.2) is 20.4 Å². The Kier molecular flexibility index (Phi) is 7.31. The van der Waals surface area contributed by atoms with Crippen molar-refractivity contribution in [1.29, 1.82) is 0 Å². The summed E-state index contributed by atoms with van der Waals surface area (Å²) in [5.74, 6) is 1.35. The van der Waals surface area contributed by atoms with Crippen molar-refractivity contribution in [2.24, 2.45) is 0 Å². The highest BCUT2D eigenvalue weighted by atomic mass is 32.1. The molecule has 13 aromatic rings. The van der Waals surface area contributed by atoms with Crippen LogP contribution >= 0.6 is 11.3 Å². The van der Waals surface area contributed by atoms with Crippen LogP contribution in [0.5, 0.6) is 0 Å². The molecule has 61 heavy (non-hydrogen) atoms. The molecule has 0 bridgehead atoms. The third kappa shape index (κ3) is 5.31. The van der Waals surface area contributed by atoms with Crippen LogP contribution in [0.1, 0.15) is 0 Å². The maximum atomic E-state index is 6.38. The lowest BCUT2D eigenvalue weighted by atomic mass is 10.1. The summed E-state index contributed by atoms with van der Waals surface area (Å²) >= 11 is 1.63. The molecule has 0 N–H and O–H groups in total. The average Bonchev–Trinajstić information content (AvgIpc) is 3.99. The molecule has 0 spiro atoms. The Morgan fingerprint density at radius 1 is 0.344 bits per heavy atom.